The molecule has 0 aromatic heterocycles. The number of carboxylic acids is 1. The Morgan fingerprint density at radius 1 is 1.25 bits per heavy atom. The third-order valence-corrected chi connectivity index (χ3v) is 4.27. The van der Waals surface area contributed by atoms with Crippen molar-refractivity contribution < 1.29 is 9.90 Å². The smallest absolute Gasteiger partial charge is 0.309 e. The van der Waals surface area contributed by atoms with Gasteiger partial charge in [0.25, 0.3) is 0 Å². The van der Waals surface area contributed by atoms with Gasteiger partial charge >= 0.3 is 5.97 Å². The van der Waals surface area contributed by atoms with Crippen LogP contribution in [0.25, 0.3) is 0 Å². The van der Waals surface area contributed by atoms with Gasteiger partial charge in [-0.1, -0.05) is 6.42 Å². The maximum Gasteiger partial charge on any atom is 0.309 e. The molecule has 0 atom stereocenters. The zero-order valence-electron chi connectivity index (χ0n) is 10.1. The lowest BCUT2D eigenvalue weighted by Gasteiger charge is -2.40. The molecule has 0 radical (unpaired) electrons. The first kappa shape index (κ1) is 11.9. The van der Waals surface area contributed by atoms with Gasteiger partial charge in [-0.3, -0.25) is 4.79 Å². The van der Waals surface area contributed by atoms with Crippen molar-refractivity contribution in [3.05, 3.63) is 0 Å². The molecule has 2 aliphatic rings. The number of nitrogens with zero attached hydrogens (tertiary/aromatic N) is 2. The molecule has 92 valence electrons. The largest absolute Gasteiger partial charge is 0.481 e. The van der Waals surface area contributed by atoms with E-state index in [-0.39, 0.29) is 5.41 Å². The van der Waals surface area contributed by atoms with Crippen LogP contribution in [0.5, 0.6) is 0 Å². The van der Waals surface area contributed by atoms with Gasteiger partial charge in [-0.2, -0.15) is 0 Å². The monoisotopic (exact) mass is 226 g/mol. The summed E-state index contributed by atoms with van der Waals surface area (Å²) in [4.78, 5) is 15.9. The van der Waals surface area contributed by atoms with E-state index >= 15 is 0 Å². The number of hydrogen-bond donors (Lipinski definition) is 1. The molecule has 2 rings (SSSR count). The number of aliphatic carboxylic acids is 1. The molecular weight excluding hydrogens is 204 g/mol. The van der Waals surface area contributed by atoms with Crippen molar-refractivity contribution in [2.24, 2.45) is 5.41 Å². The van der Waals surface area contributed by atoms with Crippen LogP contribution in [-0.2, 0) is 4.79 Å². The Balaban J connectivity index is 1.76. The summed E-state index contributed by atoms with van der Waals surface area (Å²) in [6.45, 7) is 5.36. The highest BCUT2D eigenvalue weighted by Gasteiger charge is 2.44. The molecule has 1 saturated heterocycles. The van der Waals surface area contributed by atoms with Gasteiger partial charge in [0.05, 0.1) is 5.41 Å². The van der Waals surface area contributed by atoms with Crippen LogP contribution in [0, 0.1) is 5.41 Å². The Labute approximate surface area is 97.2 Å². The second-order valence-corrected chi connectivity index (χ2v) is 5.33. The molecule has 0 spiro atoms. The molecule has 0 aromatic rings. The van der Waals surface area contributed by atoms with Gasteiger partial charge < -0.3 is 14.9 Å². The highest BCUT2D eigenvalue weighted by Crippen LogP contribution is 2.44. The van der Waals surface area contributed by atoms with Crippen molar-refractivity contribution in [2.75, 3.05) is 39.8 Å². The van der Waals surface area contributed by atoms with Crippen LogP contribution in [-0.4, -0.2) is 60.6 Å². The molecular formula is C12H22N2O2. The van der Waals surface area contributed by atoms with Crippen molar-refractivity contribution in [1.82, 2.24) is 9.80 Å². The zero-order chi connectivity index (χ0) is 11.6. The van der Waals surface area contributed by atoms with Crippen LogP contribution in [0.4, 0.5) is 0 Å². The molecule has 1 N–H and O–H groups in total. The van der Waals surface area contributed by atoms with Crippen molar-refractivity contribution in [1.29, 1.82) is 0 Å². The first-order valence-electron chi connectivity index (χ1n) is 6.27. The highest BCUT2D eigenvalue weighted by atomic mass is 16.4. The third kappa shape index (κ3) is 2.38. The molecule has 4 nitrogen and oxygen atoms in total. The van der Waals surface area contributed by atoms with E-state index in [1.54, 1.807) is 0 Å². The maximum absolute atomic E-state index is 11.2. The summed E-state index contributed by atoms with van der Waals surface area (Å²) in [6, 6.07) is 0. The topological polar surface area (TPSA) is 43.8 Å². The van der Waals surface area contributed by atoms with Crippen molar-refractivity contribution in [3.63, 3.8) is 0 Å². The number of rotatable bonds is 4. The molecule has 16 heavy (non-hydrogen) atoms. The lowest BCUT2D eigenvalue weighted by Crippen LogP contribution is -2.47. The van der Waals surface area contributed by atoms with Gasteiger partial charge in [-0.05, 0) is 32.9 Å². The minimum absolute atomic E-state index is 0.372. The predicted octanol–water partition coefficient (Wildman–Crippen LogP) is 0.879. The normalized spacial score (nSPS) is 26.3. The van der Waals surface area contributed by atoms with Gasteiger partial charge in [0.2, 0.25) is 0 Å². The number of hydrogen-bond acceptors (Lipinski definition) is 3. The highest BCUT2D eigenvalue weighted by molar-refractivity contribution is 5.75. The summed E-state index contributed by atoms with van der Waals surface area (Å²) >= 11 is 0. The standard InChI is InChI=1S/C12H22N2O2/c1-13-7-9-14(10-8-13)6-5-12(11(15)16)3-2-4-12/h2-10H2,1H3,(H,15,16). The Morgan fingerprint density at radius 2 is 1.88 bits per heavy atom. The molecule has 2 fully saturated rings. The van der Waals surface area contributed by atoms with Crippen LogP contribution in [0.1, 0.15) is 25.7 Å². The average molecular weight is 226 g/mol. The van der Waals surface area contributed by atoms with Crippen molar-refractivity contribution in [2.45, 2.75) is 25.7 Å². The summed E-state index contributed by atoms with van der Waals surface area (Å²) < 4.78 is 0. The van der Waals surface area contributed by atoms with Gasteiger partial charge in [-0.25, -0.2) is 0 Å². The molecule has 4 heteroatoms. The fraction of sp³-hybridized carbons (Fsp3) is 0.917. The van der Waals surface area contributed by atoms with Crippen LogP contribution in [0.2, 0.25) is 0 Å². The summed E-state index contributed by atoms with van der Waals surface area (Å²) in [5.41, 5.74) is -0.372. The SMILES string of the molecule is CN1CCN(CCC2(C(=O)O)CCC2)CC1. The second kappa shape index (κ2) is 4.72. The number of carboxylic acid groups (broad SMARTS) is 1. The Hall–Kier alpha value is -0.610. The molecule has 0 aromatic carbocycles. The second-order valence-electron chi connectivity index (χ2n) is 5.33. The number of piperazine rings is 1. The van der Waals surface area contributed by atoms with Crippen molar-refractivity contribution >= 4 is 5.97 Å². The molecule has 1 aliphatic heterocycles. The zero-order valence-corrected chi connectivity index (χ0v) is 10.1. The molecule has 0 bridgehead atoms. The number of carbonyl (C=O) groups is 1. The Bertz CT molecular complexity index is 256. The van der Waals surface area contributed by atoms with E-state index in [0.717, 1.165) is 58.4 Å². The van der Waals surface area contributed by atoms with E-state index < -0.39 is 5.97 Å². The predicted molar refractivity (Wildman–Crippen MR) is 62.5 cm³/mol. The first-order chi connectivity index (χ1) is 7.62. The van der Waals surface area contributed by atoms with Gasteiger partial charge in [0.1, 0.15) is 0 Å². The maximum atomic E-state index is 11.2. The Morgan fingerprint density at radius 3 is 2.31 bits per heavy atom. The van der Waals surface area contributed by atoms with Gasteiger partial charge in [-0.15, -0.1) is 0 Å². The van der Waals surface area contributed by atoms with E-state index in [0.29, 0.717) is 0 Å². The van der Waals surface area contributed by atoms with E-state index in [9.17, 15) is 9.90 Å². The van der Waals surface area contributed by atoms with Gasteiger partial charge in [0, 0.05) is 26.2 Å². The van der Waals surface area contributed by atoms with E-state index in [4.69, 9.17) is 0 Å². The molecule has 0 amide bonds. The molecule has 1 aliphatic carbocycles. The minimum atomic E-state index is -0.576. The number of likely N-dealkylation sites (N-methyl/N-ethyl adjacent to an activating group) is 1. The van der Waals surface area contributed by atoms with E-state index in [1.807, 2.05) is 0 Å². The summed E-state index contributed by atoms with van der Waals surface area (Å²) in [5, 5.41) is 9.23. The minimum Gasteiger partial charge on any atom is -0.481 e. The van der Waals surface area contributed by atoms with Crippen LogP contribution < -0.4 is 0 Å². The van der Waals surface area contributed by atoms with Crippen LogP contribution in [0.15, 0.2) is 0 Å². The fourth-order valence-electron chi connectivity index (χ4n) is 2.62. The Kier molecular flexibility index (Phi) is 3.50. The average Bonchev–Trinajstić information content (AvgIpc) is 2.18. The lowest BCUT2D eigenvalue weighted by molar-refractivity contribution is -0.155. The first-order valence-corrected chi connectivity index (χ1v) is 6.27. The van der Waals surface area contributed by atoms with E-state index in [1.165, 1.54) is 0 Å². The quantitative estimate of drug-likeness (QED) is 0.773. The third-order valence-electron chi connectivity index (χ3n) is 4.27. The molecule has 1 heterocycles. The van der Waals surface area contributed by atoms with Crippen molar-refractivity contribution in [3.8, 4) is 0 Å². The van der Waals surface area contributed by atoms with Gasteiger partial charge in [0.15, 0.2) is 0 Å². The summed E-state index contributed by atoms with van der Waals surface area (Å²) in [6.07, 6.45) is 3.70. The van der Waals surface area contributed by atoms with E-state index in [2.05, 4.69) is 16.8 Å². The summed E-state index contributed by atoms with van der Waals surface area (Å²) in [5.74, 6) is -0.576. The fourth-order valence-corrected chi connectivity index (χ4v) is 2.62. The van der Waals surface area contributed by atoms with Crippen LogP contribution in [0.3, 0.4) is 0 Å². The summed E-state index contributed by atoms with van der Waals surface area (Å²) in [7, 11) is 2.14. The molecule has 0 unspecified atom stereocenters. The molecule has 1 saturated carbocycles. The lowest BCUT2D eigenvalue weighted by atomic mass is 9.66. The van der Waals surface area contributed by atoms with Crippen LogP contribution >= 0.6 is 0 Å².